The number of allylic oxidation sites excluding steroid dienone is 2. The first-order valence-corrected chi connectivity index (χ1v) is 9.13. The number of hydrogen-bond donors (Lipinski definition) is 0. The molecule has 0 heterocycles. The lowest BCUT2D eigenvalue weighted by atomic mass is 9.67. The molecule has 0 aromatic heterocycles. The first-order valence-electron chi connectivity index (χ1n) is 9.13. The van der Waals surface area contributed by atoms with E-state index in [2.05, 4.69) is 43.3 Å². The van der Waals surface area contributed by atoms with Gasteiger partial charge in [0.05, 0.1) is 0 Å². The molecule has 3 rings (SSSR count). The van der Waals surface area contributed by atoms with Crippen LogP contribution in [0.2, 0.25) is 0 Å². The van der Waals surface area contributed by atoms with Crippen LogP contribution in [0, 0.1) is 17.8 Å². The highest BCUT2D eigenvalue weighted by Crippen LogP contribution is 2.44. The third-order valence-electron chi connectivity index (χ3n) is 5.71. The average molecular weight is 282 g/mol. The zero-order valence-electron chi connectivity index (χ0n) is 13.6. The third kappa shape index (κ3) is 3.78. The first-order chi connectivity index (χ1) is 10.4. The smallest absolute Gasteiger partial charge is 0.0199 e. The van der Waals surface area contributed by atoms with Crippen LogP contribution >= 0.6 is 0 Å². The minimum absolute atomic E-state index is 0.872. The Balaban J connectivity index is 1.59. The third-order valence-corrected chi connectivity index (χ3v) is 5.71. The van der Waals surface area contributed by atoms with Gasteiger partial charge < -0.3 is 0 Å². The van der Waals surface area contributed by atoms with Gasteiger partial charge in [0, 0.05) is 0 Å². The van der Waals surface area contributed by atoms with Crippen molar-refractivity contribution < 1.29 is 0 Å². The second kappa shape index (κ2) is 7.29. The summed E-state index contributed by atoms with van der Waals surface area (Å²) in [6.07, 6.45) is 15.5. The van der Waals surface area contributed by atoms with E-state index >= 15 is 0 Å². The lowest BCUT2D eigenvalue weighted by Crippen LogP contribution is -2.26. The van der Waals surface area contributed by atoms with E-state index in [-0.39, 0.29) is 0 Å². The fourth-order valence-corrected chi connectivity index (χ4v) is 4.46. The minimum Gasteiger partial charge on any atom is -0.0773 e. The van der Waals surface area contributed by atoms with Crippen LogP contribution in [0.5, 0.6) is 0 Å². The average Bonchev–Trinajstić information content (AvgIpc) is 2.55. The fourth-order valence-electron chi connectivity index (χ4n) is 4.46. The normalized spacial score (nSPS) is 28.8. The van der Waals surface area contributed by atoms with Crippen molar-refractivity contribution >= 4 is 5.57 Å². The standard InChI is InChI=1S/C21H30/c1-2-3-5-8-17-11-12-21-16-20(14-13-19(21)15-17)18-9-6-4-7-10-18/h4,6-7,9-10,16-17,19,21H,2-3,5,8,11-15H2,1H3. The van der Waals surface area contributed by atoms with E-state index in [9.17, 15) is 0 Å². The maximum Gasteiger partial charge on any atom is -0.0199 e. The molecule has 3 atom stereocenters. The zero-order chi connectivity index (χ0) is 14.5. The van der Waals surface area contributed by atoms with Gasteiger partial charge in [-0.15, -0.1) is 0 Å². The number of benzene rings is 1. The van der Waals surface area contributed by atoms with Crippen LogP contribution in [0.15, 0.2) is 36.4 Å². The van der Waals surface area contributed by atoms with Crippen molar-refractivity contribution in [2.45, 2.75) is 64.7 Å². The van der Waals surface area contributed by atoms with Gasteiger partial charge in [-0.25, -0.2) is 0 Å². The molecule has 0 radical (unpaired) electrons. The van der Waals surface area contributed by atoms with Crippen molar-refractivity contribution in [3.8, 4) is 0 Å². The molecule has 1 fully saturated rings. The summed E-state index contributed by atoms with van der Waals surface area (Å²) in [7, 11) is 0. The molecule has 0 spiro atoms. The molecule has 0 amide bonds. The SMILES string of the molecule is CCCCCC1CCC2C=C(c3ccccc3)CCC2C1. The van der Waals surface area contributed by atoms with Crippen LogP contribution in [-0.2, 0) is 0 Å². The Morgan fingerprint density at radius 3 is 2.67 bits per heavy atom. The van der Waals surface area contributed by atoms with Crippen LogP contribution in [0.1, 0.15) is 70.3 Å². The maximum atomic E-state index is 2.63. The van der Waals surface area contributed by atoms with Crippen LogP contribution in [0.4, 0.5) is 0 Å². The summed E-state index contributed by atoms with van der Waals surface area (Å²) in [6, 6.07) is 11.0. The lowest BCUT2D eigenvalue weighted by Gasteiger charge is -2.38. The quantitative estimate of drug-likeness (QED) is 0.542. The number of fused-ring (bicyclic) bond motifs is 1. The van der Waals surface area contributed by atoms with E-state index in [0.29, 0.717) is 0 Å². The topological polar surface area (TPSA) is 0 Å². The molecule has 0 heteroatoms. The Bertz CT molecular complexity index is 456. The highest BCUT2D eigenvalue weighted by Gasteiger charge is 2.31. The van der Waals surface area contributed by atoms with Gasteiger partial charge in [0.25, 0.3) is 0 Å². The molecule has 3 unspecified atom stereocenters. The summed E-state index contributed by atoms with van der Waals surface area (Å²) in [6.45, 7) is 2.31. The number of hydrogen-bond acceptors (Lipinski definition) is 0. The first kappa shape index (κ1) is 14.9. The Kier molecular flexibility index (Phi) is 5.17. The number of rotatable bonds is 5. The molecule has 0 bridgehead atoms. The summed E-state index contributed by atoms with van der Waals surface area (Å²) in [5, 5.41) is 0. The van der Waals surface area contributed by atoms with Gasteiger partial charge >= 0.3 is 0 Å². The molecule has 0 saturated heterocycles. The molecule has 2 aliphatic rings. The van der Waals surface area contributed by atoms with Crippen molar-refractivity contribution in [2.75, 3.05) is 0 Å². The zero-order valence-corrected chi connectivity index (χ0v) is 13.6. The molecule has 2 aliphatic carbocycles. The van der Waals surface area contributed by atoms with Gasteiger partial charge in [0.1, 0.15) is 0 Å². The molecule has 1 aromatic rings. The molecule has 0 N–H and O–H groups in total. The second-order valence-electron chi connectivity index (χ2n) is 7.20. The van der Waals surface area contributed by atoms with Crippen molar-refractivity contribution in [3.63, 3.8) is 0 Å². The van der Waals surface area contributed by atoms with E-state index < -0.39 is 0 Å². The van der Waals surface area contributed by atoms with Gasteiger partial charge in [-0.1, -0.05) is 69.0 Å². The van der Waals surface area contributed by atoms with Gasteiger partial charge in [0.2, 0.25) is 0 Å². The van der Waals surface area contributed by atoms with Crippen LogP contribution in [0.3, 0.4) is 0 Å². The monoisotopic (exact) mass is 282 g/mol. The highest BCUT2D eigenvalue weighted by atomic mass is 14.4. The van der Waals surface area contributed by atoms with Crippen LogP contribution in [0.25, 0.3) is 5.57 Å². The maximum absolute atomic E-state index is 2.63. The van der Waals surface area contributed by atoms with Gasteiger partial charge in [0.15, 0.2) is 0 Å². The van der Waals surface area contributed by atoms with Crippen molar-refractivity contribution in [1.29, 1.82) is 0 Å². The van der Waals surface area contributed by atoms with Gasteiger partial charge in [-0.2, -0.15) is 0 Å². The Morgan fingerprint density at radius 2 is 1.86 bits per heavy atom. The van der Waals surface area contributed by atoms with E-state index in [4.69, 9.17) is 0 Å². The Morgan fingerprint density at radius 1 is 1.00 bits per heavy atom. The highest BCUT2D eigenvalue weighted by molar-refractivity contribution is 5.66. The summed E-state index contributed by atoms with van der Waals surface area (Å²) in [4.78, 5) is 0. The summed E-state index contributed by atoms with van der Waals surface area (Å²) in [5.41, 5.74) is 3.07. The predicted octanol–water partition coefficient (Wildman–Crippen LogP) is 6.48. The second-order valence-corrected chi connectivity index (χ2v) is 7.20. The van der Waals surface area contributed by atoms with E-state index in [0.717, 1.165) is 17.8 Å². The summed E-state index contributed by atoms with van der Waals surface area (Å²) in [5.74, 6) is 2.89. The van der Waals surface area contributed by atoms with E-state index in [1.54, 1.807) is 5.57 Å². The molecule has 114 valence electrons. The molecular weight excluding hydrogens is 252 g/mol. The molecule has 21 heavy (non-hydrogen) atoms. The van der Waals surface area contributed by atoms with Crippen molar-refractivity contribution in [3.05, 3.63) is 42.0 Å². The van der Waals surface area contributed by atoms with Gasteiger partial charge in [-0.05, 0) is 61.0 Å². The van der Waals surface area contributed by atoms with E-state index in [1.165, 1.54) is 63.4 Å². The van der Waals surface area contributed by atoms with Gasteiger partial charge in [-0.3, -0.25) is 0 Å². The summed E-state index contributed by atoms with van der Waals surface area (Å²) >= 11 is 0. The van der Waals surface area contributed by atoms with Crippen molar-refractivity contribution in [1.82, 2.24) is 0 Å². The van der Waals surface area contributed by atoms with Crippen molar-refractivity contribution in [2.24, 2.45) is 17.8 Å². The number of unbranched alkanes of at least 4 members (excludes halogenated alkanes) is 2. The van der Waals surface area contributed by atoms with Crippen LogP contribution < -0.4 is 0 Å². The summed E-state index contributed by atoms with van der Waals surface area (Å²) < 4.78 is 0. The van der Waals surface area contributed by atoms with E-state index in [1.807, 2.05) is 0 Å². The fraction of sp³-hybridized carbons (Fsp3) is 0.619. The molecule has 0 nitrogen and oxygen atoms in total. The lowest BCUT2D eigenvalue weighted by molar-refractivity contribution is 0.188. The molecule has 1 aromatic carbocycles. The Hall–Kier alpha value is -1.04. The van der Waals surface area contributed by atoms with Crippen LogP contribution in [-0.4, -0.2) is 0 Å². The Labute approximate surface area is 130 Å². The predicted molar refractivity (Wildman–Crippen MR) is 92.1 cm³/mol. The largest absolute Gasteiger partial charge is 0.0773 e. The minimum atomic E-state index is 0.872. The molecule has 0 aliphatic heterocycles. The molecular formula is C21H30. The molecule has 1 saturated carbocycles.